The molecule has 2 aromatic rings. The summed E-state index contributed by atoms with van der Waals surface area (Å²) in [4.78, 5) is 8.64. The van der Waals surface area contributed by atoms with E-state index in [2.05, 4.69) is 27.6 Å². The van der Waals surface area contributed by atoms with Crippen LogP contribution < -0.4 is 5.32 Å². The molecule has 0 aliphatic rings. The molecular weight excluding hydrogens is 218 g/mol. The summed E-state index contributed by atoms with van der Waals surface area (Å²) in [5, 5.41) is 6.61. The van der Waals surface area contributed by atoms with Gasteiger partial charge in [-0.25, -0.2) is 4.98 Å². The fourth-order valence-electron chi connectivity index (χ4n) is 1.52. The van der Waals surface area contributed by atoms with Crippen LogP contribution in [0.15, 0.2) is 23.7 Å². The molecule has 84 valence electrons. The Morgan fingerprint density at radius 2 is 2.12 bits per heavy atom. The molecule has 0 fully saturated rings. The molecule has 1 atom stereocenters. The summed E-state index contributed by atoms with van der Waals surface area (Å²) in [6, 6.07) is 4.25. The van der Waals surface area contributed by atoms with Crippen molar-refractivity contribution in [1.82, 2.24) is 9.97 Å². The van der Waals surface area contributed by atoms with Crippen molar-refractivity contribution in [3.63, 3.8) is 0 Å². The van der Waals surface area contributed by atoms with E-state index in [-0.39, 0.29) is 6.04 Å². The highest BCUT2D eigenvalue weighted by Crippen LogP contribution is 2.22. The summed E-state index contributed by atoms with van der Waals surface area (Å²) in [5.74, 6) is 0. The first kappa shape index (κ1) is 11.1. The van der Waals surface area contributed by atoms with E-state index < -0.39 is 0 Å². The van der Waals surface area contributed by atoms with Crippen molar-refractivity contribution >= 4 is 17.0 Å². The molecular formula is C12H15N3S. The standard InChI is InChI=1S/C12H15N3S/c1-8-6-11(4-5-13-8)15-10(3)12-14-9(2)7-16-12/h4-7,10H,1-3H3,(H,13,15). The SMILES string of the molecule is Cc1cc(NC(C)c2nc(C)cs2)ccn1. The van der Waals surface area contributed by atoms with Gasteiger partial charge in [0.25, 0.3) is 0 Å². The third-order valence-electron chi connectivity index (χ3n) is 2.29. The minimum absolute atomic E-state index is 0.237. The van der Waals surface area contributed by atoms with Crippen LogP contribution in [0.3, 0.4) is 0 Å². The van der Waals surface area contributed by atoms with Crippen molar-refractivity contribution in [3.8, 4) is 0 Å². The first-order valence-corrected chi connectivity index (χ1v) is 6.14. The molecule has 0 aromatic carbocycles. The molecule has 0 spiro atoms. The maximum atomic E-state index is 4.47. The minimum Gasteiger partial charge on any atom is -0.376 e. The summed E-state index contributed by atoms with van der Waals surface area (Å²) in [5.41, 5.74) is 3.19. The molecule has 0 amide bonds. The van der Waals surface area contributed by atoms with Crippen molar-refractivity contribution < 1.29 is 0 Å². The smallest absolute Gasteiger partial charge is 0.115 e. The number of hydrogen-bond donors (Lipinski definition) is 1. The molecule has 0 bridgehead atoms. The Bertz CT molecular complexity index is 479. The zero-order valence-electron chi connectivity index (χ0n) is 9.69. The molecule has 0 saturated carbocycles. The predicted octanol–water partition coefficient (Wildman–Crippen LogP) is 3.33. The zero-order valence-corrected chi connectivity index (χ0v) is 10.5. The normalized spacial score (nSPS) is 12.4. The van der Waals surface area contributed by atoms with Crippen molar-refractivity contribution in [2.24, 2.45) is 0 Å². The van der Waals surface area contributed by atoms with Crippen LogP contribution in [0, 0.1) is 13.8 Å². The third-order valence-corrected chi connectivity index (χ3v) is 3.43. The van der Waals surface area contributed by atoms with Gasteiger partial charge in [-0.2, -0.15) is 0 Å². The second-order valence-corrected chi connectivity index (χ2v) is 4.77. The van der Waals surface area contributed by atoms with E-state index in [4.69, 9.17) is 0 Å². The second kappa shape index (κ2) is 4.61. The van der Waals surface area contributed by atoms with Gasteiger partial charge >= 0.3 is 0 Å². The van der Waals surface area contributed by atoms with Crippen LogP contribution in [0.25, 0.3) is 0 Å². The number of rotatable bonds is 3. The quantitative estimate of drug-likeness (QED) is 0.883. The van der Waals surface area contributed by atoms with Crippen molar-refractivity contribution in [1.29, 1.82) is 0 Å². The van der Waals surface area contributed by atoms with Gasteiger partial charge in [-0.15, -0.1) is 11.3 Å². The van der Waals surface area contributed by atoms with Gasteiger partial charge in [0.2, 0.25) is 0 Å². The maximum Gasteiger partial charge on any atom is 0.115 e. The lowest BCUT2D eigenvalue weighted by Crippen LogP contribution is -2.06. The average molecular weight is 233 g/mol. The van der Waals surface area contributed by atoms with Crippen LogP contribution in [0.2, 0.25) is 0 Å². The molecule has 2 rings (SSSR count). The van der Waals surface area contributed by atoms with Crippen molar-refractivity contribution in [2.75, 3.05) is 5.32 Å². The minimum atomic E-state index is 0.237. The Labute approximate surface area is 99.6 Å². The van der Waals surface area contributed by atoms with E-state index in [9.17, 15) is 0 Å². The van der Waals surface area contributed by atoms with Crippen LogP contribution in [-0.4, -0.2) is 9.97 Å². The summed E-state index contributed by atoms with van der Waals surface area (Å²) >= 11 is 1.69. The van der Waals surface area contributed by atoms with Gasteiger partial charge in [0.1, 0.15) is 5.01 Å². The number of nitrogens with one attached hydrogen (secondary N) is 1. The van der Waals surface area contributed by atoms with E-state index in [1.807, 2.05) is 32.2 Å². The van der Waals surface area contributed by atoms with E-state index in [0.717, 1.165) is 22.1 Å². The number of pyridine rings is 1. The highest BCUT2D eigenvalue weighted by molar-refractivity contribution is 7.09. The van der Waals surface area contributed by atoms with Crippen LogP contribution in [-0.2, 0) is 0 Å². The van der Waals surface area contributed by atoms with E-state index in [1.165, 1.54) is 0 Å². The average Bonchev–Trinajstić information content (AvgIpc) is 2.65. The van der Waals surface area contributed by atoms with Gasteiger partial charge in [-0.05, 0) is 32.9 Å². The zero-order chi connectivity index (χ0) is 11.5. The molecule has 0 aliphatic carbocycles. The highest BCUT2D eigenvalue weighted by Gasteiger charge is 2.08. The molecule has 3 nitrogen and oxygen atoms in total. The Hall–Kier alpha value is -1.42. The van der Waals surface area contributed by atoms with Gasteiger partial charge in [0, 0.05) is 28.7 Å². The molecule has 0 saturated heterocycles. The number of aryl methyl sites for hydroxylation is 2. The molecule has 0 radical (unpaired) electrons. The summed E-state index contributed by atoms with van der Waals surface area (Å²) in [7, 11) is 0. The Morgan fingerprint density at radius 1 is 1.31 bits per heavy atom. The number of aromatic nitrogens is 2. The molecule has 2 heterocycles. The van der Waals surface area contributed by atoms with Gasteiger partial charge in [0.05, 0.1) is 6.04 Å². The van der Waals surface area contributed by atoms with Crippen LogP contribution in [0.5, 0.6) is 0 Å². The van der Waals surface area contributed by atoms with Gasteiger partial charge < -0.3 is 5.32 Å². The molecule has 2 aromatic heterocycles. The molecule has 1 N–H and O–H groups in total. The van der Waals surface area contributed by atoms with Crippen molar-refractivity contribution in [3.05, 3.63) is 40.1 Å². The van der Waals surface area contributed by atoms with Crippen LogP contribution >= 0.6 is 11.3 Å². The Balaban J connectivity index is 2.10. The second-order valence-electron chi connectivity index (χ2n) is 3.88. The topological polar surface area (TPSA) is 37.8 Å². The Kier molecular flexibility index (Phi) is 3.19. The van der Waals surface area contributed by atoms with Gasteiger partial charge in [-0.3, -0.25) is 4.98 Å². The molecule has 4 heteroatoms. The first-order chi connectivity index (χ1) is 7.65. The number of anilines is 1. The van der Waals surface area contributed by atoms with Crippen molar-refractivity contribution in [2.45, 2.75) is 26.8 Å². The Morgan fingerprint density at radius 3 is 2.75 bits per heavy atom. The van der Waals surface area contributed by atoms with Crippen LogP contribution in [0.1, 0.15) is 29.4 Å². The predicted molar refractivity (Wildman–Crippen MR) is 67.9 cm³/mol. The lowest BCUT2D eigenvalue weighted by atomic mass is 10.3. The fourth-order valence-corrected chi connectivity index (χ4v) is 2.32. The number of nitrogens with zero attached hydrogens (tertiary/aromatic N) is 2. The number of hydrogen-bond acceptors (Lipinski definition) is 4. The van der Waals surface area contributed by atoms with E-state index in [1.54, 1.807) is 11.3 Å². The number of thiazole rings is 1. The molecule has 16 heavy (non-hydrogen) atoms. The monoisotopic (exact) mass is 233 g/mol. The summed E-state index contributed by atoms with van der Waals surface area (Å²) in [6.45, 7) is 6.13. The lowest BCUT2D eigenvalue weighted by Gasteiger charge is -2.12. The summed E-state index contributed by atoms with van der Waals surface area (Å²) < 4.78 is 0. The fraction of sp³-hybridized carbons (Fsp3) is 0.333. The maximum absolute atomic E-state index is 4.47. The van der Waals surface area contributed by atoms with Gasteiger partial charge in [-0.1, -0.05) is 0 Å². The largest absolute Gasteiger partial charge is 0.376 e. The lowest BCUT2D eigenvalue weighted by molar-refractivity contribution is 0.863. The highest BCUT2D eigenvalue weighted by atomic mass is 32.1. The van der Waals surface area contributed by atoms with E-state index in [0.29, 0.717) is 0 Å². The van der Waals surface area contributed by atoms with Crippen LogP contribution in [0.4, 0.5) is 5.69 Å². The third kappa shape index (κ3) is 2.58. The first-order valence-electron chi connectivity index (χ1n) is 5.26. The molecule has 1 unspecified atom stereocenters. The van der Waals surface area contributed by atoms with Gasteiger partial charge in [0.15, 0.2) is 0 Å². The molecule has 0 aliphatic heterocycles. The van der Waals surface area contributed by atoms with E-state index >= 15 is 0 Å². The summed E-state index contributed by atoms with van der Waals surface area (Å²) in [6.07, 6.45) is 1.82.